The molecule has 0 spiro atoms. The highest BCUT2D eigenvalue weighted by Gasteiger charge is 2.32. The third-order valence-corrected chi connectivity index (χ3v) is 3.13. The second-order valence-corrected chi connectivity index (χ2v) is 4.67. The van der Waals surface area contributed by atoms with Gasteiger partial charge in [-0.3, -0.25) is 4.79 Å². The molecule has 0 aliphatic carbocycles. The van der Waals surface area contributed by atoms with Gasteiger partial charge < -0.3 is 15.1 Å². The molecule has 2 N–H and O–H groups in total. The van der Waals surface area contributed by atoms with Crippen molar-refractivity contribution < 1.29 is 15.0 Å². The number of aliphatic hydroxyl groups excluding tert-OH is 2. The van der Waals surface area contributed by atoms with E-state index < -0.39 is 12.2 Å². The SMILES string of the molecule is O=C(Cc1ccc(Cl)cc1)N1C[C@@H](O)[C@@H](O)C1. The van der Waals surface area contributed by atoms with Gasteiger partial charge in [-0.2, -0.15) is 0 Å². The standard InChI is InChI=1S/C12H14ClNO3/c13-9-3-1-8(2-4-9)5-12(17)14-6-10(15)11(16)7-14/h1-4,10-11,15-16H,5-7H2/t10-,11+. The molecule has 0 aromatic heterocycles. The highest BCUT2D eigenvalue weighted by atomic mass is 35.5. The van der Waals surface area contributed by atoms with Gasteiger partial charge in [-0.25, -0.2) is 0 Å². The van der Waals surface area contributed by atoms with Crippen LogP contribution in [0.1, 0.15) is 5.56 Å². The largest absolute Gasteiger partial charge is 0.388 e. The van der Waals surface area contributed by atoms with Gasteiger partial charge >= 0.3 is 0 Å². The first-order valence-electron chi connectivity index (χ1n) is 5.44. The molecule has 1 fully saturated rings. The van der Waals surface area contributed by atoms with Gasteiger partial charge in [0.15, 0.2) is 0 Å². The molecule has 1 aliphatic heterocycles. The smallest absolute Gasteiger partial charge is 0.227 e. The van der Waals surface area contributed by atoms with E-state index in [1.54, 1.807) is 24.3 Å². The Bertz CT molecular complexity index is 397. The van der Waals surface area contributed by atoms with Crippen molar-refractivity contribution in [2.45, 2.75) is 18.6 Å². The summed E-state index contributed by atoms with van der Waals surface area (Å²) < 4.78 is 0. The molecule has 0 radical (unpaired) electrons. The van der Waals surface area contributed by atoms with Gasteiger partial charge in [0.05, 0.1) is 18.6 Å². The Morgan fingerprint density at radius 3 is 2.29 bits per heavy atom. The van der Waals surface area contributed by atoms with E-state index in [4.69, 9.17) is 11.6 Å². The number of amides is 1. The van der Waals surface area contributed by atoms with Crippen molar-refractivity contribution >= 4 is 17.5 Å². The molecule has 1 aliphatic rings. The number of hydrogen-bond donors (Lipinski definition) is 2. The van der Waals surface area contributed by atoms with E-state index in [-0.39, 0.29) is 25.4 Å². The number of nitrogens with zero attached hydrogens (tertiary/aromatic N) is 1. The van der Waals surface area contributed by atoms with Crippen LogP contribution in [0, 0.1) is 0 Å². The maximum Gasteiger partial charge on any atom is 0.227 e. The minimum absolute atomic E-state index is 0.0945. The molecule has 2 rings (SSSR count). The van der Waals surface area contributed by atoms with Crippen LogP contribution in [0.3, 0.4) is 0 Å². The summed E-state index contributed by atoms with van der Waals surface area (Å²) in [6, 6.07) is 7.06. The Balaban J connectivity index is 1.96. The molecular formula is C12H14ClNO3. The van der Waals surface area contributed by atoms with Crippen LogP contribution in [0.25, 0.3) is 0 Å². The van der Waals surface area contributed by atoms with Crippen molar-refractivity contribution in [3.05, 3.63) is 34.9 Å². The number of carbonyl (C=O) groups excluding carboxylic acids is 1. The molecular weight excluding hydrogens is 242 g/mol. The molecule has 1 aromatic rings. The average molecular weight is 256 g/mol. The fraction of sp³-hybridized carbons (Fsp3) is 0.417. The fourth-order valence-electron chi connectivity index (χ4n) is 1.86. The van der Waals surface area contributed by atoms with Crippen LogP contribution in [0.15, 0.2) is 24.3 Å². The van der Waals surface area contributed by atoms with Gasteiger partial charge in [-0.05, 0) is 17.7 Å². The zero-order valence-electron chi connectivity index (χ0n) is 9.21. The van der Waals surface area contributed by atoms with Crippen LogP contribution in [0.5, 0.6) is 0 Å². The summed E-state index contributed by atoms with van der Waals surface area (Å²) in [5.41, 5.74) is 0.871. The van der Waals surface area contributed by atoms with Crippen molar-refractivity contribution in [1.82, 2.24) is 4.90 Å². The maximum atomic E-state index is 11.9. The zero-order valence-corrected chi connectivity index (χ0v) is 9.97. The van der Waals surface area contributed by atoms with Gasteiger partial charge in [-0.1, -0.05) is 23.7 Å². The Hall–Kier alpha value is -1.10. The molecule has 1 saturated heterocycles. The number of rotatable bonds is 2. The highest BCUT2D eigenvalue weighted by molar-refractivity contribution is 6.30. The first kappa shape index (κ1) is 12.4. The predicted octanol–water partition coefficient (Wildman–Crippen LogP) is 0.446. The number of likely N-dealkylation sites (tertiary alicyclic amines) is 1. The number of β-amino-alcohol motifs (C(OH)–C–C–N with tert-alkyl or cyclic N) is 2. The Morgan fingerprint density at radius 1 is 1.24 bits per heavy atom. The maximum absolute atomic E-state index is 11.9. The van der Waals surface area contributed by atoms with Crippen molar-refractivity contribution in [3.8, 4) is 0 Å². The lowest BCUT2D eigenvalue weighted by Crippen LogP contribution is -2.31. The summed E-state index contributed by atoms with van der Waals surface area (Å²) in [4.78, 5) is 13.3. The summed E-state index contributed by atoms with van der Waals surface area (Å²) in [6.45, 7) is 0.404. The van der Waals surface area contributed by atoms with Gasteiger partial charge in [0.2, 0.25) is 5.91 Å². The third-order valence-electron chi connectivity index (χ3n) is 2.88. The molecule has 1 amide bonds. The van der Waals surface area contributed by atoms with Crippen LogP contribution >= 0.6 is 11.6 Å². The van der Waals surface area contributed by atoms with Crippen LogP contribution in [-0.4, -0.2) is 46.3 Å². The summed E-state index contributed by atoms with van der Waals surface area (Å²) in [5, 5.41) is 19.3. The molecule has 92 valence electrons. The average Bonchev–Trinajstić information content (AvgIpc) is 2.63. The van der Waals surface area contributed by atoms with Gasteiger partial charge in [0.1, 0.15) is 0 Å². The van der Waals surface area contributed by atoms with E-state index in [9.17, 15) is 15.0 Å². The lowest BCUT2D eigenvalue weighted by molar-refractivity contribution is -0.129. The van der Waals surface area contributed by atoms with Crippen LogP contribution < -0.4 is 0 Å². The van der Waals surface area contributed by atoms with Crippen molar-refractivity contribution in [2.75, 3.05) is 13.1 Å². The normalized spacial score (nSPS) is 24.1. The number of halogens is 1. The van der Waals surface area contributed by atoms with Gasteiger partial charge in [0.25, 0.3) is 0 Å². The van der Waals surface area contributed by atoms with Crippen LogP contribution in [0.4, 0.5) is 0 Å². The summed E-state index contributed by atoms with van der Waals surface area (Å²) in [5.74, 6) is -0.0945. The van der Waals surface area contributed by atoms with Crippen molar-refractivity contribution in [1.29, 1.82) is 0 Å². The number of aliphatic hydroxyl groups is 2. The quantitative estimate of drug-likeness (QED) is 0.807. The highest BCUT2D eigenvalue weighted by Crippen LogP contribution is 2.14. The number of carbonyl (C=O) groups is 1. The second-order valence-electron chi connectivity index (χ2n) is 4.24. The van der Waals surface area contributed by atoms with Gasteiger partial charge in [0, 0.05) is 18.1 Å². The lowest BCUT2D eigenvalue weighted by Gasteiger charge is -2.15. The van der Waals surface area contributed by atoms with E-state index in [2.05, 4.69) is 0 Å². The number of hydrogen-bond acceptors (Lipinski definition) is 3. The van der Waals surface area contributed by atoms with Gasteiger partial charge in [-0.15, -0.1) is 0 Å². The molecule has 17 heavy (non-hydrogen) atoms. The molecule has 4 nitrogen and oxygen atoms in total. The molecule has 0 saturated carbocycles. The summed E-state index contributed by atoms with van der Waals surface area (Å²) >= 11 is 5.75. The fourth-order valence-corrected chi connectivity index (χ4v) is 1.99. The molecule has 1 aromatic carbocycles. The second kappa shape index (κ2) is 5.04. The first-order valence-corrected chi connectivity index (χ1v) is 5.82. The van der Waals surface area contributed by atoms with E-state index in [0.717, 1.165) is 5.56 Å². The summed E-state index contributed by atoms with van der Waals surface area (Å²) in [6.07, 6.45) is -1.40. The Kier molecular flexibility index (Phi) is 3.66. The van der Waals surface area contributed by atoms with Crippen molar-refractivity contribution in [3.63, 3.8) is 0 Å². The first-order chi connectivity index (χ1) is 8.06. The zero-order chi connectivity index (χ0) is 12.4. The molecule has 1 heterocycles. The third kappa shape index (κ3) is 2.97. The molecule has 0 unspecified atom stereocenters. The van der Waals surface area contributed by atoms with E-state index in [0.29, 0.717) is 5.02 Å². The summed E-state index contributed by atoms with van der Waals surface area (Å²) in [7, 11) is 0. The molecule has 2 atom stereocenters. The molecule has 0 bridgehead atoms. The molecule has 5 heteroatoms. The van der Waals surface area contributed by atoms with E-state index in [1.165, 1.54) is 4.90 Å². The Morgan fingerprint density at radius 2 is 1.76 bits per heavy atom. The topological polar surface area (TPSA) is 60.8 Å². The van der Waals surface area contributed by atoms with Crippen molar-refractivity contribution in [2.24, 2.45) is 0 Å². The monoisotopic (exact) mass is 255 g/mol. The van der Waals surface area contributed by atoms with Crippen LogP contribution in [-0.2, 0) is 11.2 Å². The lowest BCUT2D eigenvalue weighted by atomic mass is 10.1. The minimum atomic E-state index is -0.829. The number of benzene rings is 1. The van der Waals surface area contributed by atoms with E-state index >= 15 is 0 Å². The Labute approximate surface area is 104 Å². The minimum Gasteiger partial charge on any atom is -0.388 e. The van der Waals surface area contributed by atoms with E-state index in [1.807, 2.05) is 0 Å². The predicted molar refractivity (Wildman–Crippen MR) is 63.7 cm³/mol. The van der Waals surface area contributed by atoms with Crippen LogP contribution in [0.2, 0.25) is 5.02 Å².